The number of ether oxygens (including phenoxy) is 1. The van der Waals surface area contributed by atoms with Gasteiger partial charge in [-0.3, -0.25) is 0 Å². The first kappa shape index (κ1) is 18.8. The molecule has 3 aromatic carbocycles. The lowest BCUT2D eigenvalue weighted by molar-refractivity contribution is -0.142. The van der Waals surface area contributed by atoms with Crippen LogP contribution in [0, 0.1) is 17.5 Å². The average Bonchev–Trinajstić information content (AvgIpc) is 2.59. The lowest BCUT2D eigenvalue weighted by atomic mass is 9.98. The highest BCUT2D eigenvalue weighted by atomic mass is 19.4. The van der Waals surface area contributed by atoms with Gasteiger partial charge in [0.2, 0.25) is 0 Å². The topological polar surface area (TPSA) is 9.23 Å². The van der Waals surface area contributed by atoms with Gasteiger partial charge in [0.05, 0.1) is 7.11 Å². The van der Waals surface area contributed by atoms with E-state index in [1.807, 2.05) is 0 Å². The number of halogens is 6. The molecule has 0 saturated heterocycles. The van der Waals surface area contributed by atoms with Crippen LogP contribution in [-0.4, -0.2) is 7.11 Å². The highest BCUT2D eigenvalue weighted by molar-refractivity contribution is 5.71. The molecule has 7 heteroatoms. The summed E-state index contributed by atoms with van der Waals surface area (Å²) in [6, 6.07) is 11.6. The predicted molar refractivity (Wildman–Crippen MR) is 88.7 cm³/mol. The molecule has 0 aliphatic heterocycles. The zero-order chi connectivity index (χ0) is 19.8. The smallest absolute Gasteiger partial charge is 0.422 e. The molecule has 0 atom stereocenters. The van der Waals surface area contributed by atoms with Crippen molar-refractivity contribution in [2.24, 2.45) is 0 Å². The van der Waals surface area contributed by atoms with E-state index in [4.69, 9.17) is 4.74 Å². The number of hydrogen-bond donors (Lipinski definition) is 0. The van der Waals surface area contributed by atoms with Crippen LogP contribution in [0.5, 0.6) is 5.75 Å². The molecule has 140 valence electrons. The van der Waals surface area contributed by atoms with Crippen molar-refractivity contribution in [1.82, 2.24) is 0 Å². The van der Waals surface area contributed by atoms with E-state index in [0.29, 0.717) is 29.0 Å². The predicted octanol–water partition coefficient (Wildman–Crippen LogP) is 6.47. The van der Waals surface area contributed by atoms with Crippen LogP contribution >= 0.6 is 0 Å². The number of alkyl halides is 3. The van der Waals surface area contributed by atoms with Crippen molar-refractivity contribution in [2.45, 2.75) is 6.18 Å². The van der Waals surface area contributed by atoms with Crippen LogP contribution < -0.4 is 4.74 Å². The summed E-state index contributed by atoms with van der Waals surface area (Å²) in [7, 11) is 1.51. The van der Waals surface area contributed by atoms with Crippen molar-refractivity contribution in [3.63, 3.8) is 0 Å². The van der Waals surface area contributed by atoms with Crippen molar-refractivity contribution in [3.05, 3.63) is 77.6 Å². The first-order chi connectivity index (χ1) is 12.7. The minimum Gasteiger partial charge on any atom is -0.497 e. The van der Waals surface area contributed by atoms with Crippen LogP contribution in [0.3, 0.4) is 0 Å². The highest BCUT2D eigenvalue weighted by Crippen LogP contribution is 2.37. The minimum atomic E-state index is -5.18. The van der Waals surface area contributed by atoms with E-state index in [-0.39, 0.29) is 11.1 Å². The molecule has 0 unspecified atom stereocenters. The highest BCUT2D eigenvalue weighted by Gasteiger charge is 2.38. The van der Waals surface area contributed by atoms with Gasteiger partial charge >= 0.3 is 6.18 Å². The maximum Gasteiger partial charge on any atom is 0.422 e. The SMILES string of the molecule is COc1ccc(-c2ccc(-c3cc(F)c(C(F)(F)F)c(F)c3)c(F)c2)cc1. The molecule has 0 saturated carbocycles. The first-order valence-electron chi connectivity index (χ1n) is 7.71. The second-order valence-electron chi connectivity index (χ2n) is 5.74. The third-order valence-corrected chi connectivity index (χ3v) is 4.03. The molecular weight excluding hydrogens is 370 g/mol. The zero-order valence-electron chi connectivity index (χ0n) is 13.9. The molecule has 0 N–H and O–H groups in total. The van der Waals surface area contributed by atoms with Gasteiger partial charge in [-0.2, -0.15) is 13.2 Å². The van der Waals surface area contributed by atoms with Crippen LogP contribution in [0.4, 0.5) is 26.3 Å². The molecule has 3 rings (SSSR count). The first-order valence-corrected chi connectivity index (χ1v) is 7.71. The molecule has 27 heavy (non-hydrogen) atoms. The van der Waals surface area contributed by atoms with E-state index in [2.05, 4.69) is 0 Å². The van der Waals surface area contributed by atoms with Crippen LogP contribution in [0.1, 0.15) is 5.56 Å². The van der Waals surface area contributed by atoms with Crippen LogP contribution in [0.15, 0.2) is 54.6 Å². The molecule has 0 radical (unpaired) electrons. The van der Waals surface area contributed by atoms with Gasteiger partial charge in [0.15, 0.2) is 0 Å². The van der Waals surface area contributed by atoms with Gasteiger partial charge < -0.3 is 4.74 Å². The lowest BCUT2D eigenvalue weighted by Gasteiger charge is -2.12. The van der Waals surface area contributed by atoms with Crippen LogP contribution in [0.25, 0.3) is 22.3 Å². The Labute approximate surface area is 150 Å². The Morgan fingerprint density at radius 3 is 1.67 bits per heavy atom. The van der Waals surface area contributed by atoms with E-state index in [1.165, 1.54) is 19.2 Å². The van der Waals surface area contributed by atoms with E-state index in [0.717, 1.165) is 6.07 Å². The molecule has 0 bridgehead atoms. The largest absolute Gasteiger partial charge is 0.497 e. The maximum atomic E-state index is 14.5. The van der Waals surface area contributed by atoms with Gasteiger partial charge in [-0.25, -0.2) is 13.2 Å². The number of benzene rings is 3. The second kappa shape index (κ2) is 6.98. The molecule has 0 heterocycles. The standard InChI is InChI=1S/C20H12F6O/c1-27-14-5-2-11(3-6-14)12-4-7-15(16(21)8-12)13-9-17(22)19(18(23)10-13)20(24,25)26/h2-10H,1H3. The Balaban J connectivity index is 2.01. The molecule has 3 aromatic rings. The second-order valence-corrected chi connectivity index (χ2v) is 5.74. The Hall–Kier alpha value is -2.96. The molecule has 0 aliphatic carbocycles. The van der Waals surface area contributed by atoms with Gasteiger partial charge in [0, 0.05) is 5.56 Å². The molecular formula is C20H12F6O. The van der Waals surface area contributed by atoms with Crippen molar-refractivity contribution in [2.75, 3.05) is 7.11 Å². The maximum absolute atomic E-state index is 14.5. The Bertz CT molecular complexity index is 954. The van der Waals surface area contributed by atoms with Crippen molar-refractivity contribution in [1.29, 1.82) is 0 Å². The van der Waals surface area contributed by atoms with Crippen molar-refractivity contribution >= 4 is 0 Å². The molecule has 0 aliphatic rings. The Morgan fingerprint density at radius 1 is 0.667 bits per heavy atom. The van der Waals surface area contributed by atoms with Crippen LogP contribution in [0.2, 0.25) is 0 Å². The monoisotopic (exact) mass is 382 g/mol. The lowest BCUT2D eigenvalue weighted by Crippen LogP contribution is -2.11. The normalized spacial score (nSPS) is 11.5. The number of hydrogen-bond acceptors (Lipinski definition) is 1. The van der Waals surface area contributed by atoms with Gasteiger partial charge in [0.1, 0.15) is 28.8 Å². The molecule has 0 spiro atoms. The summed E-state index contributed by atoms with van der Waals surface area (Å²) in [5, 5.41) is 0. The number of rotatable bonds is 3. The summed E-state index contributed by atoms with van der Waals surface area (Å²) in [5.74, 6) is -3.79. The van der Waals surface area contributed by atoms with Crippen LogP contribution in [-0.2, 0) is 6.18 Å². The summed E-state index contributed by atoms with van der Waals surface area (Å²) in [6.45, 7) is 0. The molecule has 1 nitrogen and oxygen atoms in total. The summed E-state index contributed by atoms with van der Waals surface area (Å²) in [5.41, 5.74) is -1.37. The van der Waals surface area contributed by atoms with E-state index < -0.39 is 29.2 Å². The fourth-order valence-corrected chi connectivity index (χ4v) is 2.71. The molecule has 0 amide bonds. The van der Waals surface area contributed by atoms with Gasteiger partial charge in [-0.15, -0.1) is 0 Å². The summed E-state index contributed by atoms with van der Waals surface area (Å²) in [6.07, 6.45) is -5.18. The average molecular weight is 382 g/mol. The Kier molecular flexibility index (Phi) is 4.87. The summed E-state index contributed by atoms with van der Waals surface area (Å²) < 4.78 is 85.0. The van der Waals surface area contributed by atoms with E-state index >= 15 is 0 Å². The van der Waals surface area contributed by atoms with Gasteiger partial charge in [-0.1, -0.05) is 24.3 Å². The van der Waals surface area contributed by atoms with E-state index in [1.54, 1.807) is 24.3 Å². The fourth-order valence-electron chi connectivity index (χ4n) is 2.71. The zero-order valence-corrected chi connectivity index (χ0v) is 13.9. The fraction of sp³-hybridized carbons (Fsp3) is 0.100. The quantitative estimate of drug-likeness (QED) is 0.472. The summed E-state index contributed by atoms with van der Waals surface area (Å²) >= 11 is 0. The van der Waals surface area contributed by atoms with E-state index in [9.17, 15) is 26.3 Å². The number of methoxy groups -OCH3 is 1. The Morgan fingerprint density at radius 2 is 1.19 bits per heavy atom. The third kappa shape index (κ3) is 3.77. The minimum absolute atomic E-state index is 0.209. The molecule has 0 aromatic heterocycles. The van der Waals surface area contributed by atoms with Gasteiger partial charge in [0.25, 0.3) is 0 Å². The van der Waals surface area contributed by atoms with Crippen molar-refractivity contribution < 1.29 is 31.1 Å². The molecule has 0 fully saturated rings. The third-order valence-electron chi connectivity index (χ3n) is 4.03. The van der Waals surface area contributed by atoms with Gasteiger partial charge in [-0.05, 0) is 47.0 Å². The van der Waals surface area contributed by atoms with Crippen molar-refractivity contribution in [3.8, 4) is 28.0 Å². The summed E-state index contributed by atoms with van der Waals surface area (Å²) in [4.78, 5) is 0.